The Kier molecular flexibility index (Phi) is 6.01. The van der Waals surface area contributed by atoms with Crippen molar-refractivity contribution < 1.29 is 53.2 Å². The minimum atomic E-state index is -6.52. The van der Waals surface area contributed by atoms with Crippen LogP contribution in [0.2, 0.25) is 0 Å². The Hall–Kier alpha value is -1.16. The van der Waals surface area contributed by atoms with Crippen LogP contribution in [-0.2, 0) is 14.9 Å². The molecule has 0 saturated carbocycles. The van der Waals surface area contributed by atoms with Crippen LogP contribution in [0.5, 0.6) is 0 Å². The molecule has 0 spiro atoms. The summed E-state index contributed by atoms with van der Waals surface area (Å²) in [6.45, 7) is 0. The van der Waals surface area contributed by atoms with Gasteiger partial charge < -0.3 is 9.29 Å². The minimum absolute atomic E-state index is 0.397. The molecule has 5 nitrogen and oxygen atoms in total. The molecule has 14 heteroatoms. The molecular weight excluding hydrogens is 504 g/mol. The van der Waals surface area contributed by atoms with Gasteiger partial charge in [0.2, 0.25) is 0 Å². The quantitative estimate of drug-likeness (QED) is 0.270. The van der Waals surface area contributed by atoms with Crippen molar-refractivity contribution in [1.29, 1.82) is 0 Å². The molecule has 0 fully saturated rings. The van der Waals surface area contributed by atoms with E-state index in [-0.39, 0.29) is 0 Å². The van der Waals surface area contributed by atoms with E-state index >= 15 is 0 Å². The molecule has 0 unspecified atom stereocenters. The van der Waals surface area contributed by atoms with Gasteiger partial charge in [0.15, 0.2) is 0 Å². The summed E-state index contributed by atoms with van der Waals surface area (Å²) in [7, 11) is -6.16. The Morgan fingerprint density at radius 2 is 1.60 bits per heavy atom. The highest BCUT2D eigenvalue weighted by Gasteiger charge is 2.75. The van der Waals surface area contributed by atoms with Crippen molar-refractivity contribution in [3.63, 3.8) is 0 Å². The summed E-state index contributed by atoms with van der Waals surface area (Å²) in [4.78, 5) is 11.7. The number of carbonyl (C=O) groups is 1. The molecule has 1 aromatic carbocycles. The van der Waals surface area contributed by atoms with Gasteiger partial charge in [-0.05, 0) is 34.7 Å². The fourth-order valence-corrected chi connectivity index (χ4v) is 3.19. The number of alkyl halides is 6. The van der Waals surface area contributed by atoms with Crippen molar-refractivity contribution in [3.05, 3.63) is 33.1 Å². The van der Waals surface area contributed by atoms with Gasteiger partial charge >= 0.3 is 23.9 Å². The molecule has 25 heavy (non-hydrogen) atoms. The van der Waals surface area contributed by atoms with Crippen LogP contribution in [0.1, 0.15) is 10.4 Å². The van der Waals surface area contributed by atoms with Crippen LogP contribution in [0.25, 0.3) is 0 Å². The largest absolute Gasteiger partial charge is 0.748 e. The summed E-state index contributed by atoms with van der Waals surface area (Å²) in [5, 5.41) is 0. The lowest BCUT2D eigenvalue weighted by atomic mass is 10.1. The van der Waals surface area contributed by atoms with Crippen LogP contribution < -0.4 is 0 Å². The number of halogens is 8. The molecule has 0 aliphatic rings. The van der Waals surface area contributed by atoms with Crippen molar-refractivity contribution in [3.8, 4) is 0 Å². The van der Waals surface area contributed by atoms with E-state index in [1.54, 1.807) is 0 Å². The topological polar surface area (TPSA) is 83.5 Å². The van der Waals surface area contributed by atoms with Gasteiger partial charge in [0.05, 0.1) is 15.9 Å². The van der Waals surface area contributed by atoms with Gasteiger partial charge in [-0.3, -0.25) is 0 Å². The molecule has 0 N–H and O–H groups in total. The Morgan fingerprint density at radius 1 is 1.12 bits per heavy atom. The number of benzene rings is 1. The summed E-state index contributed by atoms with van der Waals surface area (Å²) in [6, 6.07) is 2.55. The fourth-order valence-electron chi connectivity index (χ4n) is 1.62. The summed E-state index contributed by atoms with van der Waals surface area (Å²) in [5.41, 5.74) is -6.92. The van der Waals surface area contributed by atoms with E-state index in [0.29, 0.717) is 6.07 Å². The summed E-state index contributed by atoms with van der Waals surface area (Å²) < 4.78 is 126. The first-order valence-electron chi connectivity index (χ1n) is 5.76. The molecule has 0 bridgehead atoms. The summed E-state index contributed by atoms with van der Waals surface area (Å²) >= 11 is 1.24. The molecule has 0 aliphatic carbocycles. The van der Waals surface area contributed by atoms with E-state index in [0.717, 1.165) is 12.1 Å². The van der Waals surface area contributed by atoms with Crippen molar-refractivity contribution in [2.24, 2.45) is 0 Å². The monoisotopic (exact) mass is 509 g/mol. The van der Waals surface area contributed by atoms with Crippen molar-refractivity contribution in [2.45, 2.75) is 18.0 Å². The zero-order valence-electron chi connectivity index (χ0n) is 11.4. The van der Waals surface area contributed by atoms with E-state index in [9.17, 15) is 48.5 Å². The van der Waals surface area contributed by atoms with Crippen LogP contribution in [0, 0.1) is 9.39 Å². The molecule has 1 aromatic rings. The number of hydrogen-bond donors (Lipinski definition) is 0. The molecule has 0 amide bonds. The lowest BCUT2D eigenvalue weighted by Crippen LogP contribution is -2.63. The first-order valence-corrected chi connectivity index (χ1v) is 8.42. The van der Waals surface area contributed by atoms with E-state index in [1.165, 1.54) is 22.6 Å². The first kappa shape index (κ1) is 21.9. The van der Waals surface area contributed by atoms with Gasteiger partial charge in [0.1, 0.15) is 11.4 Å². The van der Waals surface area contributed by atoms with Crippen LogP contribution >= 0.6 is 22.6 Å². The molecule has 1 rings (SSSR count). The highest BCUT2D eigenvalue weighted by Crippen LogP contribution is 2.47. The Labute approximate surface area is 149 Å². The smallest absolute Gasteiger partial charge is 0.438 e. The first-order chi connectivity index (χ1) is 11.0. The molecule has 0 radical (unpaired) electrons. The normalized spacial score (nSPS) is 13.6. The number of hydrogen-bond acceptors (Lipinski definition) is 5. The predicted octanol–water partition coefficient (Wildman–Crippen LogP) is 3.00. The van der Waals surface area contributed by atoms with E-state index in [1.807, 2.05) is 0 Å². The van der Waals surface area contributed by atoms with E-state index in [2.05, 4.69) is 4.74 Å². The maximum absolute atomic E-state index is 13.6. The minimum Gasteiger partial charge on any atom is -0.748 e. The third-order valence-electron chi connectivity index (χ3n) is 2.73. The van der Waals surface area contributed by atoms with Crippen LogP contribution in [-0.4, -0.2) is 42.6 Å². The highest BCUT2D eigenvalue weighted by atomic mass is 127. The third kappa shape index (κ3) is 4.72. The average Bonchev–Trinajstić information content (AvgIpc) is 2.33. The standard InChI is InChI=1S/C11H6F7IO5S/c12-5-2-1-3-6(19)7(5)8(20)24-9(10(13,14)15,11(16,17)18)4-25(21,22)23/h1-3H,4H2,(H,21,22,23)/p-1. The lowest BCUT2D eigenvalue weighted by Gasteiger charge is -2.36. The van der Waals surface area contributed by atoms with Crippen LogP contribution in [0.4, 0.5) is 30.7 Å². The number of ether oxygens (including phenoxy) is 1. The SMILES string of the molecule is O=C(OC(CS(=O)(=O)[O-])(C(F)(F)F)C(F)(F)F)c1c(F)cccc1I. The van der Waals surface area contributed by atoms with Gasteiger partial charge in [-0.1, -0.05) is 6.07 Å². The summed E-state index contributed by atoms with van der Waals surface area (Å²) in [5.74, 6) is -7.08. The molecule has 0 saturated heterocycles. The van der Waals surface area contributed by atoms with Crippen molar-refractivity contribution >= 4 is 38.7 Å². The Bertz CT molecular complexity index is 738. The number of rotatable bonds is 4. The second-order valence-electron chi connectivity index (χ2n) is 4.51. The highest BCUT2D eigenvalue weighted by molar-refractivity contribution is 14.1. The average molecular weight is 509 g/mol. The van der Waals surface area contributed by atoms with Crippen molar-refractivity contribution in [2.75, 3.05) is 5.75 Å². The zero-order valence-corrected chi connectivity index (χ0v) is 14.4. The molecule has 0 aliphatic heterocycles. The van der Waals surface area contributed by atoms with Crippen LogP contribution in [0.15, 0.2) is 18.2 Å². The second kappa shape index (κ2) is 6.86. The van der Waals surface area contributed by atoms with Gasteiger partial charge in [-0.2, -0.15) is 26.3 Å². The van der Waals surface area contributed by atoms with Crippen LogP contribution in [0.3, 0.4) is 0 Å². The Balaban J connectivity index is 3.56. The zero-order chi connectivity index (χ0) is 19.8. The van der Waals surface area contributed by atoms with Gasteiger partial charge in [0.25, 0.3) is 0 Å². The lowest BCUT2D eigenvalue weighted by molar-refractivity contribution is -0.356. The van der Waals surface area contributed by atoms with Gasteiger partial charge in [-0.15, -0.1) is 0 Å². The molecule has 0 aromatic heterocycles. The number of carbonyl (C=O) groups excluding carboxylic acids is 1. The van der Waals surface area contributed by atoms with E-state index in [4.69, 9.17) is 0 Å². The molecule has 0 heterocycles. The van der Waals surface area contributed by atoms with Gasteiger partial charge in [-0.25, -0.2) is 17.6 Å². The Morgan fingerprint density at radius 3 is 1.96 bits per heavy atom. The molecular formula is C11H5F7IO5S-. The van der Waals surface area contributed by atoms with Gasteiger partial charge in [0, 0.05) is 3.57 Å². The molecule has 0 atom stereocenters. The maximum Gasteiger partial charge on any atom is 0.438 e. The third-order valence-corrected chi connectivity index (χ3v) is 4.39. The maximum atomic E-state index is 13.6. The predicted molar refractivity (Wildman–Crippen MR) is 73.9 cm³/mol. The second-order valence-corrected chi connectivity index (χ2v) is 7.08. The molecule has 142 valence electrons. The van der Waals surface area contributed by atoms with Crippen molar-refractivity contribution in [1.82, 2.24) is 0 Å². The fraction of sp³-hybridized carbons (Fsp3) is 0.364. The summed E-state index contributed by atoms with van der Waals surface area (Å²) in [6.07, 6.45) is -13.0. The number of esters is 1. The van der Waals surface area contributed by atoms with E-state index < -0.39 is 54.7 Å².